The molecule has 1 aromatic carbocycles. The van der Waals surface area contributed by atoms with Crippen molar-refractivity contribution in [3.05, 3.63) is 47.0 Å². The van der Waals surface area contributed by atoms with Gasteiger partial charge in [-0.25, -0.2) is 8.42 Å². The van der Waals surface area contributed by atoms with E-state index in [0.717, 1.165) is 28.7 Å². The second-order valence-corrected chi connectivity index (χ2v) is 9.04. The normalized spacial score (nSPS) is 14.7. The van der Waals surface area contributed by atoms with Gasteiger partial charge in [-0.1, -0.05) is 0 Å². The van der Waals surface area contributed by atoms with Gasteiger partial charge in [0, 0.05) is 54.4 Å². The van der Waals surface area contributed by atoms with Crippen LogP contribution in [0, 0.1) is 5.92 Å². The Kier molecular flexibility index (Phi) is 3.91. The summed E-state index contributed by atoms with van der Waals surface area (Å²) in [5, 5.41) is 4.25. The van der Waals surface area contributed by atoms with Crippen LogP contribution in [-0.2, 0) is 16.9 Å². The molecule has 2 aromatic heterocycles. The molecule has 0 bridgehead atoms. The number of rotatable bonds is 5. The lowest BCUT2D eigenvalue weighted by Crippen LogP contribution is -2.07. The highest BCUT2D eigenvalue weighted by Gasteiger charge is 2.22. The van der Waals surface area contributed by atoms with E-state index in [-0.39, 0.29) is 10.5 Å². The molecule has 3 aromatic rings. The second kappa shape index (κ2) is 6.02. The fourth-order valence-corrected chi connectivity index (χ4v) is 3.93. The van der Waals surface area contributed by atoms with Gasteiger partial charge in [-0.3, -0.25) is 4.79 Å². The Balaban J connectivity index is 1.93. The van der Waals surface area contributed by atoms with Crippen LogP contribution in [0.15, 0.2) is 46.3 Å². The summed E-state index contributed by atoms with van der Waals surface area (Å²) in [5.74, 6) is 0.688. The lowest BCUT2D eigenvalue weighted by molar-refractivity contribution is 0.602. The highest BCUT2D eigenvalue weighted by Crippen LogP contribution is 2.37. The van der Waals surface area contributed by atoms with Gasteiger partial charge in [0.05, 0.1) is 4.90 Å². The Bertz CT molecular complexity index is 1150. The predicted octanol–water partition coefficient (Wildman–Crippen LogP) is 2.76. The topological polar surface area (TPSA) is 84.0 Å². The summed E-state index contributed by atoms with van der Waals surface area (Å²) in [6.07, 6.45) is 7.16. The van der Waals surface area contributed by atoms with Crippen molar-refractivity contribution < 1.29 is 8.42 Å². The molecule has 1 fully saturated rings. The lowest BCUT2D eigenvalue weighted by Gasteiger charge is -2.13. The van der Waals surface area contributed by atoms with Crippen molar-refractivity contribution in [2.45, 2.75) is 17.7 Å². The van der Waals surface area contributed by atoms with Crippen LogP contribution in [0.2, 0.25) is 0 Å². The third-order valence-electron chi connectivity index (χ3n) is 4.89. The Morgan fingerprint density at radius 2 is 2.00 bits per heavy atom. The Morgan fingerprint density at radius 1 is 1.23 bits per heavy atom. The molecule has 26 heavy (non-hydrogen) atoms. The van der Waals surface area contributed by atoms with Crippen LogP contribution in [0.25, 0.3) is 22.0 Å². The molecule has 0 spiro atoms. The Hall–Kier alpha value is -2.54. The molecule has 0 aliphatic heterocycles. The number of nitrogens with zero attached hydrogens (tertiary/aromatic N) is 1. The summed E-state index contributed by atoms with van der Waals surface area (Å²) >= 11 is 0. The number of pyridine rings is 1. The van der Waals surface area contributed by atoms with Gasteiger partial charge < -0.3 is 14.9 Å². The van der Waals surface area contributed by atoms with Crippen LogP contribution >= 0.6 is 0 Å². The third kappa shape index (κ3) is 3.03. The van der Waals surface area contributed by atoms with E-state index >= 15 is 0 Å². The monoisotopic (exact) mass is 371 g/mol. The number of hydrogen-bond acceptors (Lipinski definition) is 4. The van der Waals surface area contributed by atoms with Crippen LogP contribution in [0.4, 0.5) is 5.69 Å². The zero-order chi connectivity index (χ0) is 18.5. The van der Waals surface area contributed by atoms with Crippen molar-refractivity contribution in [3.63, 3.8) is 0 Å². The van der Waals surface area contributed by atoms with E-state index in [1.54, 1.807) is 22.9 Å². The zero-order valence-electron chi connectivity index (χ0n) is 14.7. The summed E-state index contributed by atoms with van der Waals surface area (Å²) in [7, 11) is -1.51. The molecule has 1 saturated carbocycles. The predicted molar refractivity (Wildman–Crippen MR) is 103 cm³/mol. The van der Waals surface area contributed by atoms with Crippen molar-refractivity contribution >= 4 is 26.4 Å². The first-order chi connectivity index (χ1) is 12.3. The molecule has 2 N–H and O–H groups in total. The number of H-pyrrole nitrogens is 1. The minimum Gasteiger partial charge on any atom is -0.384 e. The molecule has 0 radical (unpaired) electrons. The van der Waals surface area contributed by atoms with Crippen LogP contribution in [0.5, 0.6) is 0 Å². The summed E-state index contributed by atoms with van der Waals surface area (Å²) < 4.78 is 25.9. The first kappa shape index (κ1) is 16.9. The first-order valence-electron chi connectivity index (χ1n) is 8.59. The van der Waals surface area contributed by atoms with E-state index in [0.29, 0.717) is 11.4 Å². The molecule has 136 valence electrons. The number of benzene rings is 1. The lowest BCUT2D eigenvalue weighted by atomic mass is 10.0. The number of hydrogen-bond donors (Lipinski definition) is 2. The maximum atomic E-state index is 12.2. The SMILES string of the molecule is Cn1cc(-c2cc(S(C)(=O)=O)ccc2NCC2CC2)c2cc[nH]c(=O)c21. The van der Waals surface area contributed by atoms with Crippen LogP contribution in [-0.4, -0.2) is 30.8 Å². The second-order valence-electron chi connectivity index (χ2n) is 7.03. The number of anilines is 1. The fourth-order valence-electron chi connectivity index (χ4n) is 3.29. The summed E-state index contributed by atoms with van der Waals surface area (Å²) in [6.45, 7) is 0.872. The molecule has 0 unspecified atom stereocenters. The van der Waals surface area contributed by atoms with E-state index in [9.17, 15) is 13.2 Å². The highest BCUT2D eigenvalue weighted by atomic mass is 32.2. The average molecular weight is 371 g/mol. The van der Waals surface area contributed by atoms with Crippen molar-refractivity contribution in [2.24, 2.45) is 13.0 Å². The molecule has 1 aliphatic carbocycles. The van der Waals surface area contributed by atoms with Crippen LogP contribution in [0.1, 0.15) is 12.8 Å². The van der Waals surface area contributed by atoms with Crippen molar-refractivity contribution in [1.29, 1.82) is 0 Å². The van der Waals surface area contributed by atoms with Gasteiger partial charge >= 0.3 is 0 Å². The minimum atomic E-state index is -3.33. The minimum absolute atomic E-state index is 0.164. The largest absolute Gasteiger partial charge is 0.384 e. The molecular weight excluding hydrogens is 350 g/mol. The smallest absolute Gasteiger partial charge is 0.272 e. The number of sulfone groups is 1. The van der Waals surface area contributed by atoms with Gasteiger partial charge in [0.25, 0.3) is 5.56 Å². The number of fused-ring (bicyclic) bond motifs is 1. The fraction of sp³-hybridized carbons (Fsp3) is 0.316. The summed E-state index contributed by atoms with van der Waals surface area (Å²) in [4.78, 5) is 15.2. The molecule has 0 amide bonds. The highest BCUT2D eigenvalue weighted by molar-refractivity contribution is 7.90. The van der Waals surface area contributed by atoms with Gasteiger partial charge in [-0.2, -0.15) is 0 Å². The van der Waals surface area contributed by atoms with E-state index < -0.39 is 9.84 Å². The van der Waals surface area contributed by atoms with Gasteiger partial charge in [0.2, 0.25) is 0 Å². The summed E-state index contributed by atoms with van der Waals surface area (Å²) in [5.41, 5.74) is 2.93. The number of aromatic amines is 1. The molecule has 2 heterocycles. The Morgan fingerprint density at radius 3 is 2.69 bits per heavy atom. The van der Waals surface area contributed by atoms with Gasteiger partial charge in [-0.05, 0) is 43.0 Å². The molecule has 0 saturated heterocycles. The average Bonchev–Trinajstić information content (AvgIpc) is 3.35. The number of aromatic nitrogens is 2. The van der Waals surface area contributed by atoms with Crippen molar-refractivity contribution in [1.82, 2.24) is 9.55 Å². The van der Waals surface area contributed by atoms with Gasteiger partial charge in [0.1, 0.15) is 5.52 Å². The van der Waals surface area contributed by atoms with Crippen molar-refractivity contribution in [3.8, 4) is 11.1 Å². The quantitative estimate of drug-likeness (QED) is 0.722. The van der Waals surface area contributed by atoms with E-state index in [2.05, 4.69) is 10.3 Å². The standard InChI is InChI=1S/C19H21N3O3S/c1-22-11-16(14-7-8-20-19(23)18(14)22)15-9-13(26(2,24)25)5-6-17(15)21-10-12-3-4-12/h5-9,11-12,21H,3-4,10H2,1-2H3,(H,20,23). The summed E-state index contributed by atoms with van der Waals surface area (Å²) in [6, 6.07) is 7.00. The van der Waals surface area contributed by atoms with Gasteiger partial charge in [-0.15, -0.1) is 0 Å². The molecular formula is C19H21N3O3S. The van der Waals surface area contributed by atoms with E-state index in [1.807, 2.05) is 25.4 Å². The van der Waals surface area contributed by atoms with Crippen molar-refractivity contribution in [2.75, 3.05) is 18.1 Å². The molecule has 0 atom stereocenters. The molecule has 4 rings (SSSR count). The van der Waals surface area contributed by atoms with E-state index in [1.165, 1.54) is 19.1 Å². The third-order valence-corrected chi connectivity index (χ3v) is 6.00. The maximum Gasteiger partial charge on any atom is 0.272 e. The number of nitrogens with one attached hydrogen (secondary N) is 2. The van der Waals surface area contributed by atoms with E-state index in [4.69, 9.17) is 0 Å². The Labute approximate surface area is 151 Å². The number of aryl methyl sites for hydroxylation is 1. The maximum absolute atomic E-state index is 12.2. The first-order valence-corrected chi connectivity index (χ1v) is 10.5. The molecule has 7 heteroatoms. The van der Waals surface area contributed by atoms with Crippen LogP contribution < -0.4 is 10.9 Å². The zero-order valence-corrected chi connectivity index (χ0v) is 15.6. The molecule has 6 nitrogen and oxygen atoms in total. The van der Waals surface area contributed by atoms with Gasteiger partial charge in [0.15, 0.2) is 9.84 Å². The van der Waals surface area contributed by atoms with Crippen LogP contribution in [0.3, 0.4) is 0 Å². The molecule has 1 aliphatic rings.